The molecule has 8 amide bonds. The molecule has 2 aliphatic rings. The standard InChI is InChI=1S/C67H87BN10O8/c1-40-24-28-46(29-25-40)54(44-20-16-14-17-21-44)71-62(83)52-36-50(38-77(52)64(85)56(66(5,6)7)73-58(79)42(3)75(11)12)69-60(81)48-32-34-49(35-33-48)61(82)70-51-37-53(78(39-51)65(86)57(67(8,9)10)74-59(80)43(4)76(13)68)63(84)72-55(45-22-18-15-19-23-45)47-30-26-41(2)27-31-47/h14-35,42-43,50-57H,36-39,68H2,1-13H3,(H,69,81)(H,70,82)(H,71,83)(H,72,84)(H,73,79)(H,74,80)/t42-,43-,50-,51-,52-,53-,54+,55+,56+,57+/m0/s1. The smallest absolute Gasteiger partial charge is 0.251 e. The van der Waals surface area contributed by atoms with Gasteiger partial charge in [-0.1, -0.05) is 162 Å². The van der Waals surface area contributed by atoms with Gasteiger partial charge in [0.2, 0.25) is 35.4 Å². The molecule has 0 radical (unpaired) electrons. The van der Waals surface area contributed by atoms with E-state index in [0.29, 0.717) is 0 Å². The summed E-state index contributed by atoms with van der Waals surface area (Å²) >= 11 is 0. The van der Waals surface area contributed by atoms with Gasteiger partial charge >= 0.3 is 0 Å². The van der Waals surface area contributed by atoms with Crippen LogP contribution in [0.25, 0.3) is 0 Å². The maximum Gasteiger partial charge on any atom is 0.251 e. The highest BCUT2D eigenvalue weighted by molar-refractivity contribution is 6.07. The number of carbonyl (C=O) groups is 8. The van der Waals surface area contributed by atoms with Crippen LogP contribution in [0.5, 0.6) is 0 Å². The van der Waals surface area contributed by atoms with E-state index in [4.69, 9.17) is 0 Å². The second-order valence-corrected chi connectivity index (χ2v) is 25.8. The van der Waals surface area contributed by atoms with Crippen LogP contribution < -0.4 is 31.9 Å². The molecule has 0 aliphatic carbocycles. The lowest BCUT2D eigenvalue weighted by Crippen LogP contribution is -2.59. The van der Waals surface area contributed by atoms with Crippen LogP contribution in [-0.4, -0.2) is 157 Å². The molecule has 7 rings (SSSR count). The first-order chi connectivity index (χ1) is 40.5. The van der Waals surface area contributed by atoms with Crippen LogP contribution in [0.3, 0.4) is 0 Å². The Bertz CT molecular complexity index is 2990. The summed E-state index contributed by atoms with van der Waals surface area (Å²) in [6.45, 7) is 18.5. The number of hydrogen-bond acceptors (Lipinski definition) is 10. The molecule has 0 aromatic heterocycles. The van der Waals surface area contributed by atoms with E-state index in [1.54, 1.807) is 52.7 Å². The monoisotopic (exact) mass is 1170 g/mol. The normalized spacial score (nSPS) is 19.1. The molecule has 5 aromatic rings. The largest absolute Gasteiger partial charge is 0.347 e. The molecule has 2 heterocycles. The molecule has 10 atom stereocenters. The molecule has 2 saturated heterocycles. The summed E-state index contributed by atoms with van der Waals surface area (Å²) < 4.78 is 0. The first kappa shape index (κ1) is 65.4. The van der Waals surface area contributed by atoms with Gasteiger partial charge in [-0.2, -0.15) is 0 Å². The van der Waals surface area contributed by atoms with Gasteiger partial charge in [-0.3, -0.25) is 43.3 Å². The van der Waals surface area contributed by atoms with Crippen molar-refractivity contribution in [2.45, 2.75) is 142 Å². The lowest BCUT2D eigenvalue weighted by atomic mass is 9.85. The van der Waals surface area contributed by atoms with Crippen LogP contribution >= 0.6 is 0 Å². The van der Waals surface area contributed by atoms with Crippen molar-refractivity contribution < 1.29 is 38.4 Å². The Labute approximate surface area is 508 Å². The predicted octanol–water partition coefficient (Wildman–Crippen LogP) is 5.39. The molecule has 0 bridgehead atoms. The lowest BCUT2D eigenvalue weighted by molar-refractivity contribution is -0.144. The van der Waals surface area contributed by atoms with E-state index >= 15 is 0 Å². The van der Waals surface area contributed by atoms with Crippen molar-refractivity contribution in [2.24, 2.45) is 10.8 Å². The molecule has 18 nitrogen and oxygen atoms in total. The van der Waals surface area contributed by atoms with Crippen molar-refractivity contribution in [1.29, 1.82) is 0 Å². The van der Waals surface area contributed by atoms with Crippen LogP contribution in [-0.2, 0) is 28.8 Å². The van der Waals surface area contributed by atoms with Gasteiger partial charge in [0.25, 0.3) is 11.8 Å². The highest BCUT2D eigenvalue weighted by atomic mass is 16.2. The maximum absolute atomic E-state index is 14.9. The summed E-state index contributed by atoms with van der Waals surface area (Å²) in [5.41, 5.74) is 4.32. The number of carbonyl (C=O) groups excluding carboxylic acids is 8. The Kier molecular flexibility index (Phi) is 21.2. The highest BCUT2D eigenvalue weighted by Crippen LogP contribution is 2.32. The Balaban J connectivity index is 1.11. The second-order valence-electron chi connectivity index (χ2n) is 25.8. The molecular formula is C67H87BN10O8. The molecule has 0 unspecified atom stereocenters. The van der Waals surface area contributed by atoms with Crippen molar-refractivity contribution in [2.75, 3.05) is 34.2 Å². The molecular weight excluding hydrogens is 1080 g/mol. The fraction of sp³-hybridized carbons (Fsp3) is 0.433. The predicted molar refractivity (Wildman–Crippen MR) is 336 cm³/mol. The first-order valence-corrected chi connectivity index (χ1v) is 29.6. The van der Waals surface area contributed by atoms with Crippen molar-refractivity contribution in [3.8, 4) is 0 Å². The van der Waals surface area contributed by atoms with Crippen molar-refractivity contribution >= 4 is 55.2 Å². The topological polar surface area (TPSA) is 222 Å². The van der Waals surface area contributed by atoms with Crippen LogP contribution in [0.4, 0.5) is 0 Å². The molecule has 6 N–H and O–H groups in total. The number of likely N-dealkylation sites (N-methyl/N-ethyl adjacent to an activating group) is 2. The first-order valence-electron chi connectivity index (χ1n) is 29.6. The zero-order chi connectivity index (χ0) is 62.9. The summed E-state index contributed by atoms with van der Waals surface area (Å²) in [6.07, 6.45) is 0.129. The highest BCUT2D eigenvalue weighted by Gasteiger charge is 2.48. The summed E-state index contributed by atoms with van der Waals surface area (Å²) in [5.74, 6) is -3.51. The number of nitrogens with one attached hydrogen (secondary N) is 6. The van der Waals surface area contributed by atoms with Gasteiger partial charge in [0.05, 0.1) is 24.2 Å². The van der Waals surface area contributed by atoms with E-state index in [2.05, 4.69) is 31.9 Å². The van der Waals surface area contributed by atoms with E-state index in [-0.39, 0.29) is 48.9 Å². The van der Waals surface area contributed by atoms with E-state index in [1.165, 1.54) is 34.1 Å². The molecule has 0 spiro atoms. The van der Waals surface area contributed by atoms with Gasteiger partial charge in [-0.25, -0.2) is 0 Å². The SMILES string of the molecule is BN(C)[C@@H](C)C(=O)N[C@H](C(=O)N1C[C@@H](NC(=O)c2ccc(C(=O)N[C@H]3C[C@@H](C(=O)N[C@H](c4ccccc4)c4ccc(C)cc4)N(C(=O)[C@@H](NC(=O)[C@H](C)N(C)C)C(C)(C)C)C3)cc2)C[C@H]1C(=O)N[C@H](c1ccccc1)c1ccc(C)cc1)C(C)(C)C. The van der Waals surface area contributed by atoms with Gasteiger partial charge in [0, 0.05) is 36.3 Å². The van der Waals surface area contributed by atoms with E-state index in [9.17, 15) is 38.4 Å². The van der Waals surface area contributed by atoms with Crippen LogP contribution in [0, 0.1) is 24.7 Å². The molecule has 2 aliphatic heterocycles. The van der Waals surface area contributed by atoms with Crippen molar-refractivity contribution in [3.05, 3.63) is 178 Å². The average molecular weight is 1170 g/mol. The van der Waals surface area contributed by atoms with Crippen molar-refractivity contribution in [3.63, 3.8) is 0 Å². The zero-order valence-electron chi connectivity index (χ0n) is 52.4. The number of benzene rings is 5. The number of amides is 8. The molecule has 456 valence electrons. The molecule has 86 heavy (non-hydrogen) atoms. The number of hydrogen-bond donors (Lipinski definition) is 6. The number of aryl methyl sites for hydroxylation is 2. The molecule has 2 fully saturated rings. The van der Waals surface area contributed by atoms with E-state index in [1.807, 2.05) is 165 Å². The molecule has 19 heteroatoms. The van der Waals surface area contributed by atoms with E-state index in [0.717, 1.165) is 33.4 Å². The Morgan fingerprint density at radius 3 is 1.12 bits per heavy atom. The fourth-order valence-corrected chi connectivity index (χ4v) is 10.8. The van der Waals surface area contributed by atoms with Crippen LogP contribution in [0.15, 0.2) is 133 Å². The third kappa shape index (κ3) is 16.2. The second kappa shape index (κ2) is 27.9. The van der Waals surface area contributed by atoms with Crippen LogP contribution in [0.2, 0.25) is 0 Å². The summed E-state index contributed by atoms with van der Waals surface area (Å²) in [5, 5.41) is 18.5. The van der Waals surface area contributed by atoms with Gasteiger partial charge < -0.3 is 46.5 Å². The zero-order valence-corrected chi connectivity index (χ0v) is 52.4. The Morgan fingerprint density at radius 2 is 0.802 bits per heavy atom. The number of rotatable bonds is 20. The third-order valence-electron chi connectivity index (χ3n) is 16.6. The van der Waals surface area contributed by atoms with Gasteiger partial charge in [-0.05, 0) is 119 Å². The quantitative estimate of drug-likeness (QED) is 0.0546. The molecule has 0 saturated carbocycles. The summed E-state index contributed by atoms with van der Waals surface area (Å²) in [6, 6.07) is 33.0. The lowest BCUT2D eigenvalue weighted by Gasteiger charge is -2.36. The minimum absolute atomic E-state index is 0.0355. The van der Waals surface area contributed by atoms with Crippen LogP contribution in [0.1, 0.15) is 134 Å². The Hall–Kier alpha value is -8.16. The van der Waals surface area contributed by atoms with Gasteiger partial charge in [-0.15, -0.1) is 0 Å². The minimum atomic E-state index is -1.04. The van der Waals surface area contributed by atoms with E-state index < -0.39 is 107 Å². The number of likely N-dealkylation sites (tertiary alicyclic amines) is 2. The Morgan fingerprint density at radius 1 is 0.477 bits per heavy atom. The average Bonchev–Trinajstić information content (AvgIpc) is 1.88. The van der Waals surface area contributed by atoms with Crippen molar-refractivity contribution in [1.82, 2.24) is 51.4 Å². The summed E-state index contributed by atoms with van der Waals surface area (Å²) in [4.78, 5) is 121. The fourth-order valence-electron chi connectivity index (χ4n) is 10.8. The van der Waals surface area contributed by atoms with Gasteiger partial charge in [0.1, 0.15) is 24.2 Å². The molecule has 5 aromatic carbocycles. The third-order valence-corrected chi connectivity index (χ3v) is 16.6. The number of nitrogens with zero attached hydrogens (tertiary/aromatic N) is 4. The minimum Gasteiger partial charge on any atom is -0.347 e. The van der Waals surface area contributed by atoms with Gasteiger partial charge in [0.15, 0.2) is 7.98 Å². The maximum atomic E-state index is 14.9. The summed E-state index contributed by atoms with van der Waals surface area (Å²) in [7, 11) is 7.09.